The number of anilines is 3. The lowest BCUT2D eigenvalue weighted by molar-refractivity contribution is 1.43. The highest BCUT2D eigenvalue weighted by Gasteiger charge is 2.01. The molecular weight excluding hydrogens is 392 g/mol. The van der Waals surface area contributed by atoms with Gasteiger partial charge in [0.15, 0.2) is 0 Å². The topological polar surface area (TPSA) is 48.8 Å². The van der Waals surface area contributed by atoms with Crippen molar-refractivity contribution in [1.29, 1.82) is 0 Å². The number of hydrogen-bond donors (Lipinski definition) is 2. The smallest absolute Gasteiger partial charge is 0.0638 e. The second kappa shape index (κ2) is 11.5. The van der Waals surface area contributed by atoms with Crippen LogP contribution in [0.15, 0.2) is 107 Å². The number of allylic oxidation sites excluding steroid dienone is 4. The molecule has 3 aromatic carbocycles. The van der Waals surface area contributed by atoms with Crippen molar-refractivity contribution < 1.29 is 0 Å². The lowest BCUT2D eigenvalue weighted by Crippen LogP contribution is -1.99. The van der Waals surface area contributed by atoms with Gasteiger partial charge in [-0.1, -0.05) is 32.5 Å². The Morgan fingerprint density at radius 2 is 0.906 bits per heavy atom. The molecule has 0 spiro atoms. The van der Waals surface area contributed by atoms with Crippen molar-refractivity contribution in [2.45, 2.75) is 21.8 Å². The molecule has 0 amide bonds. The van der Waals surface area contributed by atoms with Crippen LogP contribution in [0.1, 0.15) is 20.4 Å². The van der Waals surface area contributed by atoms with Crippen LogP contribution in [0.25, 0.3) is 0 Å². The number of hydrogen-bond acceptors (Lipinski definition) is 4. The summed E-state index contributed by atoms with van der Waals surface area (Å²) in [5.74, 6) is 0. The predicted molar refractivity (Wildman–Crippen MR) is 143 cm³/mol. The number of aryl methyl sites for hydroxylation is 1. The largest absolute Gasteiger partial charge is 0.388 e. The summed E-state index contributed by atoms with van der Waals surface area (Å²) in [6.07, 6.45) is 7.96. The average Bonchev–Trinajstić information content (AvgIpc) is 2.78. The molecule has 4 nitrogen and oxygen atoms in total. The molecule has 0 atom stereocenters. The molecule has 32 heavy (non-hydrogen) atoms. The molecule has 4 rings (SSSR count). The summed E-state index contributed by atoms with van der Waals surface area (Å²) in [5.41, 5.74) is 8.08. The zero-order valence-corrected chi connectivity index (χ0v) is 17.1. The molecule has 3 aromatic rings. The van der Waals surface area contributed by atoms with E-state index in [4.69, 9.17) is 4.99 Å². The molecule has 4 heteroatoms. The average molecular weight is 425 g/mol. The quantitative estimate of drug-likeness (QED) is 0.407. The normalized spacial score (nSPS) is 11.8. The van der Waals surface area contributed by atoms with E-state index in [9.17, 15) is 0 Å². The first-order chi connectivity index (χ1) is 14.7. The van der Waals surface area contributed by atoms with Crippen LogP contribution < -0.4 is 10.6 Å². The molecule has 0 aliphatic heterocycles. The van der Waals surface area contributed by atoms with Gasteiger partial charge in [0.1, 0.15) is 0 Å². The third-order valence-corrected chi connectivity index (χ3v) is 4.73. The van der Waals surface area contributed by atoms with Gasteiger partial charge in [0.2, 0.25) is 0 Å². The van der Waals surface area contributed by atoms with Crippen molar-refractivity contribution >= 4 is 39.9 Å². The van der Waals surface area contributed by atoms with E-state index in [2.05, 4.69) is 34.7 Å². The minimum Gasteiger partial charge on any atom is -0.388 e. The van der Waals surface area contributed by atoms with Crippen molar-refractivity contribution in [3.05, 3.63) is 103 Å². The maximum absolute atomic E-state index is 4.69. The Bertz CT molecular complexity index is 1100. The number of benzene rings is 3. The number of rotatable bonds is 5. The van der Waals surface area contributed by atoms with Gasteiger partial charge in [-0.2, -0.15) is 0 Å². The van der Waals surface area contributed by atoms with Crippen molar-refractivity contribution in [2.75, 3.05) is 17.7 Å². The second-order valence-corrected chi connectivity index (χ2v) is 7.07. The Kier molecular flexibility index (Phi) is 8.72. The van der Waals surface area contributed by atoms with Gasteiger partial charge >= 0.3 is 0 Å². The van der Waals surface area contributed by atoms with Crippen LogP contribution in [0, 0.1) is 6.92 Å². The monoisotopic (exact) mass is 424 g/mol. The minimum absolute atomic E-state index is 0. The van der Waals surface area contributed by atoms with Crippen molar-refractivity contribution in [3.8, 4) is 0 Å². The van der Waals surface area contributed by atoms with Gasteiger partial charge in [0.25, 0.3) is 0 Å². The lowest BCUT2D eigenvalue weighted by Gasteiger charge is -2.08. The Morgan fingerprint density at radius 1 is 0.531 bits per heavy atom. The van der Waals surface area contributed by atoms with Crippen molar-refractivity contribution in [2.24, 2.45) is 9.98 Å². The van der Waals surface area contributed by atoms with Crippen LogP contribution >= 0.6 is 0 Å². The highest BCUT2D eigenvalue weighted by atomic mass is 14.9. The van der Waals surface area contributed by atoms with Crippen LogP contribution in [0.2, 0.25) is 0 Å². The second-order valence-electron chi connectivity index (χ2n) is 7.07. The molecule has 1 aliphatic rings. The van der Waals surface area contributed by atoms with Gasteiger partial charge in [-0.3, -0.25) is 0 Å². The molecule has 0 saturated heterocycles. The Balaban J connectivity index is 0.00000181. The van der Waals surface area contributed by atoms with E-state index in [-0.39, 0.29) is 14.9 Å². The van der Waals surface area contributed by atoms with E-state index in [1.807, 2.05) is 92.0 Å². The van der Waals surface area contributed by atoms with Crippen molar-refractivity contribution in [1.82, 2.24) is 0 Å². The SMILES string of the molecule is C.C.CNc1ccc(Nc2ccc(N=C3C=CC(=Nc4ccc(C)cc4)C=C3)cc2)cc1. The lowest BCUT2D eigenvalue weighted by atomic mass is 10.1. The van der Waals surface area contributed by atoms with E-state index in [1.165, 1.54) is 5.56 Å². The first-order valence-corrected chi connectivity index (χ1v) is 9.93. The number of nitrogens with one attached hydrogen (secondary N) is 2. The maximum atomic E-state index is 4.69. The molecule has 2 N–H and O–H groups in total. The van der Waals surface area contributed by atoms with Gasteiger partial charge in [0, 0.05) is 24.1 Å². The van der Waals surface area contributed by atoms with Crippen LogP contribution in [-0.4, -0.2) is 18.5 Å². The molecule has 0 radical (unpaired) electrons. The Morgan fingerprint density at radius 3 is 1.34 bits per heavy atom. The first-order valence-electron chi connectivity index (χ1n) is 9.93. The summed E-state index contributed by atoms with van der Waals surface area (Å²) in [7, 11) is 1.91. The predicted octanol–water partition coefficient (Wildman–Crippen LogP) is 8.02. The summed E-state index contributed by atoms with van der Waals surface area (Å²) >= 11 is 0. The third-order valence-electron chi connectivity index (χ3n) is 4.73. The summed E-state index contributed by atoms with van der Waals surface area (Å²) < 4.78 is 0. The molecule has 0 unspecified atom stereocenters. The van der Waals surface area contributed by atoms with Gasteiger partial charge in [-0.15, -0.1) is 0 Å². The summed E-state index contributed by atoms with van der Waals surface area (Å²) in [6.45, 7) is 2.07. The highest BCUT2D eigenvalue weighted by Crippen LogP contribution is 2.22. The van der Waals surface area contributed by atoms with E-state index in [1.54, 1.807) is 0 Å². The third kappa shape index (κ3) is 6.54. The summed E-state index contributed by atoms with van der Waals surface area (Å²) in [6, 6.07) is 24.5. The van der Waals surface area contributed by atoms with Gasteiger partial charge in [-0.05, 0) is 91.9 Å². The minimum atomic E-state index is 0. The molecular formula is C28H32N4. The van der Waals surface area contributed by atoms with Crippen molar-refractivity contribution in [3.63, 3.8) is 0 Å². The van der Waals surface area contributed by atoms with Gasteiger partial charge < -0.3 is 10.6 Å². The highest BCUT2D eigenvalue weighted by molar-refractivity contribution is 6.19. The maximum Gasteiger partial charge on any atom is 0.0638 e. The van der Waals surface area contributed by atoms with E-state index in [0.29, 0.717) is 0 Å². The molecule has 1 aliphatic carbocycles. The molecule has 164 valence electrons. The van der Waals surface area contributed by atoms with Crippen LogP contribution in [-0.2, 0) is 0 Å². The standard InChI is InChI=1S/C26H24N4.2CH4/c1-19-3-5-21(6-4-19)28-23-11-13-25(14-12-23)30-26-17-15-24(16-18-26)29-22-9-7-20(27-2)8-10-22;;/h3-18,27,29H,1-2H3;2*1H4. The number of aliphatic imine (C=N–C) groups is 2. The van der Waals surface area contributed by atoms with Crippen LogP contribution in [0.4, 0.5) is 28.4 Å². The van der Waals surface area contributed by atoms with E-state index in [0.717, 1.165) is 39.9 Å². The molecule has 0 saturated carbocycles. The molecule has 0 fully saturated rings. The van der Waals surface area contributed by atoms with Gasteiger partial charge in [-0.25, -0.2) is 9.98 Å². The Hall–Kier alpha value is -3.92. The fourth-order valence-electron chi connectivity index (χ4n) is 3.03. The Labute approximate surface area is 192 Å². The first kappa shape index (κ1) is 24.4. The zero-order valence-electron chi connectivity index (χ0n) is 17.1. The fraction of sp³-hybridized carbons (Fsp3) is 0.143. The van der Waals surface area contributed by atoms with Gasteiger partial charge in [0.05, 0.1) is 22.8 Å². The molecule has 0 heterocycles. The molecule has 0 bridgehead atoms. The van der Waals surface area contributed by atoms with E-state index < -0.39 is 0 Å². The number of nitrogens with zero attached hydrogens (tertiary/aromatic N) is 2. The zero-order chi connectivity index (χ0) is 20.8. The van der Waals surface area contributed by atoms with Crippen LogP contribution in [0.3, 0.4) is 0 Å². The summed E-state index contributed by atoms with van der Waals surface area (Å²) in [4.78, 5) is 9.33. The van der Waals surface area contributed by atoms with E-state index >= 15 is 0 Å². The van der Waals surface area contributed by atoms with Crippen LogP contribution in [0.5, 0.6) is 0 Å². The molecule has 0 aromatic heterocycles. The summed E-state index contributed by atoms with van der Waals surface area (Å²) in [5, 5.41) is 6.52. The fourth-order valence-corrected chi connectivity index (χ4v) is 3.03.